The van der Waals surface area contributed by atoms with Crippen molar-refractivity contribution in [2.24, 2.45) is 0 Å². The van der Waals surface area contributed by atoms with Crippen molar-refractivity contribution in [3.05, 3.63) is 39.4 Å². The van der Waals surface area contributed by atoms with Crippen LogP contribution in [0, 0.1) is 4.77 Å². The van der Waals surface area contributed by atoms with E-state index in [0.717, 1.165) is 23.9 Å². The second-order valence-electron chi connectivity index (χ2n) is 6.61. The molecule has 1 aromatic heterocycles. The van der Waals surface area contributed by atoms with E-state index in [9.17, 15) is 4.79 Å². The van der Waals surface area contributed by atoms with Gasteiger partial charge in [-0.1, -0.05) is 76.8 Å². The molecule has 2 rings (SSSR count). The number of unbranched alkanes of at least 4 members (excludes halogenated alkanes) is 9. The minimum absolute atomic E-state index is 0.0327. The lowest BCUT2D eigenvalue weighted by molar-refractivity contribution is 0.527. The van der Waals surface area contributed by atoms with Crippen molar-refractivity contribution >= 4 is 23.1 Å². The predicted octanol–water partition coefficient (Wildman–Crippen LogP) is 5.98. The van der Waals surface area contributed by atoms with Gasteiger partial charge in [0, 0.05) is 6.54 Å². The zero-order valence-corrected chi connectivity index (χ0v) is 15.7. The van der Waals surface area contributed by atoms with Gasteiger partial charge in [0.1, 0.15) is 0 Å². The molecule has 0 amide bonds. The lowest BCUT2D eigenvalue weighted by atomic mass is 10.1. The molecule has 0 saturated carbocycles. The molecular formula is C20H30N2OS. The molecule has 0 radical (unpaired) electrons. The number of hydrogen-bond acceptors (Lipinski definition) is 2. The summed E-state index contributed by atoms with van der Waals surface area (Å²) in [6, 6.07) is 7.57. The van der Waals surface area contributed by atoms with E-state index in [2.05, 4.69) is 11.9 Å². The molecule has 3 nitrogen and oxygen atoms in total. The summed E-state index contributed by atoms with van der Waals surface area (Å²) < 4.78 is 2.25. The Balaban J connectivity index is 1.72. The van der Waals surface area contributed by atoms with Gasteiger partial charge in [-0.25, -0.2) is 0 Å². The smallest absolute Gasteiger partial charge is 0.262 e. The summed E-state index contributed by atoms with van der Waals surface area (Å²) in [6.45, 7) is 2.97. The molecule has 1 heterocycles. The van der Waals surface area contributed by atoms with Gasteiger partial charge in [0.2, 0.25) is 0 Å². The number of nitrogens with zero attached hydrogens (tertiary/aromatic N) is 1. The number of nitrogens with one attached hydrogen (secondary N) is 1. The van der Waals surface area contributed by atoms with E-state index in [0.29, 0.717) is 4.77 Å². The highest BCUT2D eigenvalue weighted by Gasteiger charge is 2.04. The molecule has 0 bridgehead atoms. The van der Waals surface area contributed by atoms with E-state index >= 15 is 0 Å². The predicted molar refractivity (Wildman–Crippen MR) is 105 cm³/mol. The van der Waals surface area contributed by atoms with E-state index in [1.54, 1.807) is 4.57 Å². The summed E-state index contributed by atoms with van der Waals surface area (Å²) in [4.78, 5) is 15.7. The number of rotatable bonds is 11. The van der Waals surface area contributed by atoms with Gasteiger partial charge in [-0.15, -0.1) is 0 Å². The topological polar surface area (TPSA) is 37.8 Å². The first kappa shape index (κ1) is 18.9. The van der Waals surface area contributed by atoms with Crippen molar-refractivity contribution in [1.82, 2.24) is 9.55 Å². The number of H-pyrrole nitrogens is 1. The molecule has 24 heavy (non-hydrogen) atoms. The summed E-state index contributed by atoms with van der Waals surface area (Å²) >= 11 is 5.34. The minimum atomic E-state index is 0.0327. The fourth-order valence-corrected chi connectivity index (χ4v) is 3.44. The first-order valence-corrected chi connectivity index (χ1v) is 9.86. The van der Waals surface area contributed by atoms with E-state index in [1.807, 2.05) is 24.3 Å². The maximum absolute atomic E-state index is 12.5. The molecule has 0 unspecified atom stereocenters. The van der Waals surface area contributed by atoms with E-state index in [4.69, 9.17) is 12.2 Å². The largest absolute Gasteiger partial charge is 0.332 e. The van der Waals surface area contributed by atoms with Crippen LogP contribution in [0.4, 0.5) is 0 Å². The van der Waals surface area contributed by atoms with Crippen LogP contribution in [0.5, 0.6) is 0 Å². The third-order valence-corrected chi connectivity index (χ3v) is 4.95. The molecule has 0 aliphatic rings. The molecular weight excluding hydrogens is 316 g/mol. The third kappa shape index (κ3) is 5.59. The van der Waals surface area contributed by atoms with Crippen LogP contribution in [0.15, 0.2) is 29.1 Å². The SMILES string of the molecule is CCCCCCCCCCCCn1c(=S)[nH]c2ccccc2c1=O. The zero-order valence-electron chi connectivity index (χ0n) is 14.9. The van der Waals surface area contributed by atoms with Gasteiger partial charge in [0.25, 0.3) is 5.56 Å². The molecule has 0 aliphatic carbocycles. The van der Waals surface area contributed by atoms with Crippen molar-refractivity contribution in [3.63, 3.8) is 0 Å². The van der Waals surface area contributed by atoms with Crippen molar-refractivity contribution < 1.29 is 0 Å². The zero-order chi connectivity index (χ0) is 17.2. The Hall–Kier alpha value is -1.42. The Bertz CT molecular complexity index is 732. The third-order valence-electron chi connectivity index (χ3n) is 4.62. The molecule has 2 aromatic rings. The molecule has 0 aliphatic heterocycles. The summed E-state index contributed by atoms with van der Waals surface area (Å²) in [5.74, 6) is 0. The standard InChI is InChI=1S/C20H30N2OS/c1-2-3-4-5-6-7-8-9-10-13-16-22-19(23)17-14-11-12-15-18(17)21-20(22)24/h11-12,14-15H,2-10,13,16H2,1H3,(H,21,24). The molecule has 4 heteroatoms. The van der Waals surface area contributed by atoms with Gasteiger partial charge in [-0.3, -0.25) is 9.36 Å². The van der Waals surface area contributed by atoms with Crippen molar-refractivity contribution in [2.75, 3.05) is 0 Å². The van der Waals surface area contributed by atoms with Crippen molar-refractivity contribution in [3.8, 4) is 0 Å². The van der Waals surface area contributed by atoms with E-state index < -0.39 is 0 Å². The summed E-state index contributed by atoms with van der Waals surface area (Å²) in [5.41, 5.74) is 0.858. The Morgan fingerprint density at radius 1 is 0.917 bits per heavy atom. The number of aromatic amines is 1. The molecule has 132 valence electrons. The Labute approximate surface area is 150 Å². The van der Waals surface area contributed by atoms with Crippen LogP contribution in [-0.4, -0.2) is 9.55 Å². The van der Waals surface area contributed by atoms with E-state index in [1.165, 1.54) is 57.8 Å². The van der Waals surface area contributed by atoms with Crippen LogP contribution in [0.3, 0.4) is 0 Å². The molecule has 0 fully saturated rings. The Kier molecular flexibility index (Phi) is 8.23. The Morgan fingerprint density at radius 2 is 1.50 bits per heavy atom. The quantitative estimate of drug-likeness (QED) is 0.401. The van der Waals surface area contributed by atoms with Gasteiger partial charge in [0.15, 0.2) is 4.77 Å². The highest BCUT2D eigenvalue weighted by Crippen LogP contribution is 2.11. The van der Waals surface area contributed by atoms with Crippen LogP contribution in [0.2, 0.25) is 0 Å². The monoisotopic (exact) mass is 346 g/mol. The van der Waals surface area contributed by atoms with Gasteiger partial charge in [0.05, 0.1) is 10.9 Å². The van der Waals surface area contributed by atoms with Gasteiger partial charge in [-0.2, -0.15) is 0 Å². The maximum atomic E-state index is 12.5. The highest BCUT2D eigenvalue weighted by molar-refractivity contribution is 7.71. The molecule has 1 N–H and O–H groups in total. The lowest BCUT2D eigenvalue weighted by Gasteiger charge is -2.08. The van der Waals surface area contributed by atoms with Gasteiger partial charge >= 0.3 is 0 Å². The van der Waals surface area contributed by atoms with Crippen LogP contribution >= 0.6 is 12.2 Å². The molecule has 1 aromatic carbocycles. The first-order valence-electron chi connectivity index (χ1n) is 9.46. The first-order chi connectivity index (χ1) is 11.7. The molecule has 0 spiro atoms. The van der Waals surface area contributed by atoms with Gasteiger partial charge < -0.3 is 4.98 Å². The fourth-order valence-electron chi connectivity index (χ4n) is 3.16. The van der Waals surface area contributed by atoms with Crippen LogP contribution < -0.4 is 5.56 Å². The van der Waals surface area contributed by atoms with Crippen LogP contribution in [0.1, 0.15) is 71.1 Å². The summed E-state index contributed by atoms with van der Waals surface area (Å²) in [7, 11) is 0. The number of aromatic nitrogens is 2. The molecule has 0 atom stereocenters. The number of benzene rings is 1. The Morgan fingerprint density at radius 3 is 2.17 bits per heavy atom. The van der Waals surface area contributed by atoms with Crippen molar-refractivity contribution in [2.45, 2.75) is 77.7 Å². The summed E-state index contributed by atoms with van der Waals surface area (Å²) in [6.07, 6.45) is 12.9. The maximum Gasteiger partial charge on any atom is 0.262 e. The molecule has 0 saturated heterocycles. The van der Waals surface area contributed by atoms with Gasteiger partial charge in [-0.05, 0) is 30.8 Å². The average molecular weight is 347 g/mol. The van der Waals surface area contributed by atoms with Crippen LogP contribution in [-0.2, 0) is 6.54 Å². The fraction of sp³-hybridized carbons (Fsp3) is 0.600. The number of para-hydroxylation sites is 1. The average Bonchev–Trinajstić information content (AvgIpc) is 2.59. The lowest BCUT2D eigenvalue weighted by Crippen LogP contribution is -2.22. The number of hydrogen-bond donors (Lipinski definition) is 1. The van der Waals surface area contributed by atoms with Crippen molar-refractivity contribution in [1.29, 1.82) is 0 Å². The normalized spacial score (nSPS) is 11.2. The second kappa shape index (κ2) is 10.4. The second-order valence-corrected chi connectivity index (χ2v) is 7.00. The highest BCUT2D eigenvalue weighted by atomic mass is 32.1. The summed E-state index contributed by atoms with van der Waals surface area (Å²) in [5, 5.41) is 0.721. The van der Waals surface area contributed by atoms with E-state index in [-0.39, 0.29) is 5.56 Å². The van der Waals surface area contributed by atoms with Crippen LogP contribution in [0.25, 0.3) is 10.9 Å². The minimum Gasteiger partial charge on any atom is -0.332 e. The number of fused-ring (bicyclic) bond motifs is 1.